The van der Waals surface area contributed by atoms with Gasteiger partial charge in [0.05, 0.1) is 25.4 Å². The van der Waals surface area contributed by atoms with Crippen molar-refractivity contribution >= 4 is 5.91 Å². The molecule has 1 amide bonds. The molecule has 1 aliphatic heterocycles. The van der Waals surface area contributed by atoms with Gasteiger partial charge in [-0.05, 0) is 38.5 Å². The highest BCUT2D eigenvalue weighted by Crippen LogP contribution is 2.22. The van der Waals surface area contributed by atoms with Gasteiger partial charge in [0.25, 0.3) is 0 Å². The summed E-state index contributed by atoms with van der Waals surface area (Å²) in [6.07, 6.45) is 35.0. The number of ether oxygens (including phenoxy) is 2. The number of amides is 1. The molecule has 1 heterocycles. The van der Waals surface area contributed by atoms with Crippen molar-refractivity contribution in [3.63, 3.8) is 0 Å². The Balaban J connectivity index is 2.34. The van der Waals surface area contributed by atoms with Gasteiger partial charge in [-0.1, -0.05) is 179 Å². The lowest BCUT2D eigenvalue weighted by Gasteiger charge is -2.40. The molecule has 9 nitrogen and oxygen atoms in total. The third kappa shape index (κ3) is 26.5. The molecule has 0 spiro atoms. The van der Waals surface area contributed by atoms with Crippen LogP contribution < -0.4 is 5.32 Å². The van der Waals surface area contributed by atoms with Gasteiger partial charge < -0.3 is 40.3 Å². The molecule has 1 fully saturated rings. The predicted octanol–water partition coefficient (Wildman–Crippen LogP) is 9.11. The second kappa shape index (κ2) is 36.0. The Labute approximate surface area is 330 Å². The van der Waals surface area contributed by atoms with Gasteiger partial charge in [-0.2, -0.15) is 0 Å². The molecule has 0 bridgehead atoms. The fourth-order valence-corrected chi connectivity index (χ4v) is 7.10. The van der Waals surface area contributed by atoms with Crippen LogP contribution in [-0.2, 0) is 14.3 Å². The summed E-state index contributed by atoms with van der Waals surface area (Å²) in [7, 11) is 0. The number of aliphatic hydroxyl groups is 5. The van der Waals surface area contributed by atoms with Crippen LogP contribution in [0, 0.1) is 0 Å². The summed E-state index contributed by atoms with van der Waals surface area (Å²) >= 11 is 0. The fourth-order valence-electron chi connectivity index (χ4n) is 7.10. The Morgan fingerprint density at radius 3 is 1.57 bits per heavy atom. The van der Waals surface area contributed by atoms with Crippen LogP contribution in [0.2, 0.25) is 0 Å². The van der Waals surface area contributed by atoms with Crippen LogP contribution in [0.5, 0.6) is 0 Å². The monoisotopic (exact) mass is 768 g/mol. The van der Waals surface area contributed by atoms with E-state index >= 15 is 0 Å². The molecule has 1 aliphatic rings. The number of allylic oxidation sites excluding steroid dienone is 3. The first kappa shape index (κ1) is 50.7. The van der Waals surface area contributed by atoms with E-state index in [1.165, 1.54) is 135 Å². The highest BCUT2D eigenvalue weighted by molar-refractivity contribution is 5.76. The highest BCUT2D eigenvalue weighted by Gasteiger charge is 2.44. The lowest BCUT2D eigenvalue weighted by molar-refractivity contribution is -0.302. The molecule has 0 saturated carbocycles. The molecule has 2 unspecified atom stereocenters. The molecule has 1 saturated heterocycles. The average molecular weight is 768 g/mol. The molecule has 6 N–H and O–H groups in total. The van der Waals surface area contributed by atoms with E-state index in [1.54, 1.807) is 6.08 Å². The highest BCUT2D eigenvalue weighted by atomic mass is 16.7. The van der Waals surface area contributed by atoms with E-state index in [0.29, 0.717) is 6.42 Å². The van der Waals surface area contributed by atoms with Gasteiger partial charge in [-0.25, -0.2) is 0 Å². The van der Waals surface area contributed by atoms with Crippen molar-refractivity contribution in [3.8, 4) is 0 Å². The lowest BCUT2D eigenvalue weighted by atomic mass is 9.99. The zero-order chi connectivity index (χ0) is 39.5. The van der Waals surface area contributed by atoms with Gasteiger partial charge in [0.1, 0.15) is 24.4 Å². The summed E-state index contributed by atoms with van der Waals surface area (Å²) in [6.45, 7) is 3.72. The largest absolute Gasteiger partial charge is 0.394 e. The molecule has 318 valence electrons. The van der Waals surface area contributed by atoms with Gasteiger partial charge in [0, 0.05) is 6.42 Å². The van der Waals surface area contributed by atoms with Crippen LogP contribution in [0.3, 0.4) is 0 Å². The van der Waals surface area contributed by atoms with E-state index < -0.39 is 49.5 Å². The van der Waals surface area contributed by atoms with Crippen LogP contribution in [0.4, 0.5) is 0 Å². The van der Waals surface area contributed by atoms with Crippen LogP contribution >= 0.6 is 0 Å². The van der Waals surface area contributed by atoms with E-state index in [0.717, 1.165) is 44.9 Å². The molecular weight excluding hydrogens is 682 g/mol. The van der Waals surface area contributed by atoms with Gasteiger partial charge in [-0.3, -0.25) is 4.79 Å². The average Bonchev–Trinajstić information content (AvgIpc) is 3.17. The van der Waals surface area contributed by atoms with Crippen LogP contribution in [0.25, 0.3) is 0 Å². The van der Waals surface area contributed by atoms with Crippen molar-refractivity contribution < 1.29 is 39.8 Å². The summed E-state index contributed by atoms with van der Waals surface area (Å²) < 4.78 is 11.2. The molecule has 0 aromatic rings. The third-order valence-corrected chi connectivity index (χ3v) is 10.8. The topological polar surface area (TPSA) is 149 Å². The summed E-state index contributed by atoms with van der Waals surface area (Å²) in [5.74, 6) is -0.179. The number of carbonyl (C=O) groups excluding carboxylic acids is 1. The van der Waals surface area contributed by atoms with Gasteiger partial charge in [0.2, 0.25) is 5.91 Å². The van der Waals surface area contributed by atoms with Crippen LogP contribution in [-0.4, -0.2) is 87.5 Å². The summed E-state index contributed by atoms with van der Waals surface area (Å²) in [4.78, 5) is 12.9. The van der Waals surface area contributed by atoms with Crippen molar-refractivity contribution in [2.75, 3.05) is 13.2 Å². The zero-order valence-corrected chi connectivity index (χ0v) is 34.7. The van der Waals surface area contributed by atoms with Gasteiger partial charge >= 0.3 is 0 Å². The molecule has 1 rings (SSSR count). The third-order valence-electron chi connectivity index (χ3n) is 10.8. The van der Waals surface area contributed by atoms with Crippen LogP contribution in [0.1, 0.15) is 200 Å². The predicted molar refractivity (Wildman–Crippen MR) is 221 cm³/mol. The minimum absolute atomic E-state index is 0.179. The maximum Gasteiger partial charge on any atom is 0.220 e. The van der Waals surface area contributed by atoms with Crippen LogP contribution in [0.15, 0.2) is 24.3 Å². The normalized spacial score (nSPS) is 21.6. The number of rotatable bonds is 37. The van der Waals surface area contributed by atoms with Crippen molar-refractivity contribution in [2.24, 2.45) is 0 Å². The molecule has 0 radical (unpaired) electrons. The standard InChI is InChI=1S/C45H85NO8/c1-3-5-7-9-11-13-15-17-18-19-20-21-23-25-27-29-31-33-35-41(49)46-38(37-53-45-44(52)43(51)42(50)40(36-47)54-45)39(48)34-32-30-28-26-24-22-16-14-12-10-8-6-4-2/h8,10,32,34,38-40,42-45,47-48,50-52H,3-7,9,11-31,33,35-37H2,1-2H3,(H,46,49)/b10-8+,34-32+/t38-,39+,40-,42-,43?,44?,45-/m0/s1. The fraction of sp³-hybridized carbons (Fsp3) is 0.889. The van der Waals surface area contributed by atoms with Gasteiger partial charge in [-0.15, -0.1) is 0 Å². The van der Waals surface area contributed by atoms with Crippen molar-refractivity contribution in [1.29, 1.82) is 0 Å². The SMILES string of the molecule is CCC/C=C/CCCCCCCC/C=C/[C@@H](O)[C@H](CO[C@H]1O[C@@H](CO)[C@H](O)C(O)C1O)NC(=O)CCCCCCCCCCCCCCCCCCCC. The molecule has 7 atom stereocenters. The van der Waals surface area contributed by atoms with E-state index in [-0.39, 0.29) is 12.5 Å². The van der Waals surface area contributed by atoms with E-state index in [4.69, 9.17) is 9.47 Å². The first-order chi connectivity index (χ1) is 26.3. The Bertz CT molecular complexity index is 899. The minimum Gasteiger partial charge on any atom is -0.394 e. The molecule has 9 heteroatoms. The first-order valence-corrected chi connectivity index (χ1v) is 22.6. The summed E-state index contributed by atoms with van der Waals surface area (Å²) in [5.41, 5.74) is 0. The minimum atomic E-state index is -1.56. The number of unbranched alkanes of at least 4 members (excludes halogenated alkanes) is 25. The Hall–Kier alpha value is -1.33. The van der Waals surface area contributed by atoms with E-state index in [1.807, 2.05) is 6.08 Å². The first-order valence-electron chi connectivity index (χ1n) is 22.6. The number of hydrogen-bond acceptors (Lipinski definition) is 8. The molecule has 0 aromatic heterocycles. The Kier molecular flexibility index (Phi) is 33.8. The lowest BCUT2D eigenvalue weighted by Crippen LogP contribution is -2.60. The van der Waals surface area contributed by atoms with Crippen molar-refractivity contribution in [3.05, 3.63) is 24.3 Å². The second-order valence-electron chi connectivity index (χ2n) is 15.8. The van der Waals surface area contributed by atoms with E-state index in [2.05, 4.69) is 31.3 Å². The second-order valence-corrected chi connectivity index (χ2v) is 15.8. The smallest absolute Gasteiger partial charge is 0.220 e. The molecule has 0 aliphatic carbocycles. The molecule has 0 aromatic carbocycles. The number of aliphatic hydroxyl groups excluding tert-OH is 5. The van der Waals surface area contributed by atoms with Gasteiger partial charge in [0.15, 0.2) is 6.29 Å². The maximum atomic E-state index is 12.9. The Morgan fingerprint density at radius 1 is 0.611 bits per heavy atom. The maximum absolute atomic E-state index is 12.9. The van der Waals surface area contributed by atoms with Crippen molar-refractivity contribution in [2.45, 2.75) is 243 Å². The number of nitrogens with one attached hydrogen (secondary N) is 1. The number of hydrogen-bond donors (Lipinski definition) is 6. The van der Waals surface area contributed by atoms with Crippen molar-refractivity contribution in [1.82, 2.24) is 5.32 Å². The molecule has 54 heavy (non-hydrogen) atoms. The van der Waals surface area contributed by atoms with E-state index in [9.17, 15) is 30.3 Å². The number of carbonyl (C=O) groups is 1. The zero-order valence-electron chi connectivity index (χ0n) is 34.7. The summed E-state index contributed by atoms with van der Waals surface area (Å²) in [5, 5.41) is 54.1. The Morgan fingerprint density at radius 2 is 1.07 bits per heavy atom. The molecular formula is C45H85NO8. The quantitative estimate of drug-likeness (QED) is 0.0271. The summed E-state index contributed by atoms with van der Waals surface area (Å²) in [6, 6.07) is -0.803.